The minimum atomic E-state index is -4.39. The Kier molecular flexibility index (Phi) is 6.69. The van der Waals surface area contributed by atoms with Crippen LogP contribution in [-0.2, 0) is 6.54 Å². The number of aromatic nitrogens is 1. The zero-order valence-electron chi connectivity index (χ0n) is 13.7. The van der Waals surface area contributed by atoms with E-state index in [0.717, 1.165) is 12.8 Å². The molecule has 0 spiro atoms. The van der Waals surface area contributed by atoms with Crippen molar-refractivity contribution < 1.29 is 17.9 Å². The first kappa shape index (κ1) is 18.4. The van der Waals surface area contributed by atoms with Gasteiger partial charge in [-0.25, -0.2) is 4.98 Å². The molecule has 8 heteroatoms. The van der Waals surface area contributed by atoms with Gasteiger partial charge in [0.2, 0.25) is 5.88 Å². The monoisotopic (exact) mass is 344 g/mol. The summed E-state index contributed by atoms with van der Waals surface area (Å²) in [6.45, 7) is -1.07. The lowest BCUT2D eigenvalue weighted by Gasteiger charge is -2.25. The summed E-state index contributed by atoms with van der Waals surface area (Å²) >= 11 is 0. The van der Waals surface area contributed by atoms with Crippen molar-refractivity contribution in [2.24, 2.45) is 4.99 Å². The van der Waals surface area contributed by atoms with E-state index in [4.69, 9.17) is 4.74 Å². The number of guanidine groups is 1. The average molecular weight is 344 g/mol. The number of pyridine rings is 1. The van der Waals surface area contributed by atoms with Crippen molar-refractivity contribution in [1.29, 1.82) is 0 Å². The molecule has 1 aromatic rings. The fourth-order valence-corrected chi connectivity index (χ4v) is 2.65. The molecule has 5 nitrogen and oxygen atoms in total. The summed E-state index contributed by atoms with van der Waals surface area (Å²) in [6.07, 6.45) is 2.89. The van der Waals surface area contributed by atoms with Crippen molar-refractivity contribution in [3.05, 3.63) is 23.9 Å². The van der Waals surface area contributed by atoms with E-state index in [2.05, 4.69) is 20.6 Å². The first-order chi connectivity index (χ1) is 11.5. The summed E-state index contributed by atoms with van der Waals surface area (Å²) in [5.74, 6) is 0.614. The summed E-state index contributed by atoms with van der Waals surface area (Å²) in [5.41, 5.74) is 0.549. The van der Waals surface area contributed by atoms with Gasteiger partial charge in [0, 0.05) is 31.4 Å². The van der Waals surface area contributed by atoms with E-state index in [1.807, 2.05) is 0 Å². The standard InChI is InChI=1S/C16H23F3N4O/c1-20-15(23-13-7-3-2-4-8-13)22-10-12-6-5-9-21-14(12)24-11-16(17,18)19/h5-6,9,13H,2-4,7-8,10-11H2,1H3,(H2,20,22,23). The lowest BCUT2D eigenvalue weighted by atomic mass is 9.96. The highest BCUT2D eigenvalue weighted by atomic mass is 19.4. The number of aliphatic imine (C=N–C) groups is 1. The fraction of sp³-hybridized carbons (Fsp3) is 0.625. The van der Waals surface area contributed by atoms with Gasteiger partial charge >= 0.3 is 6.18 Å². The largest absolute Gasteiger partial charge is 0.468 e. The van der Waals surface area contributed by atoms with E-state index in [-0.39, 0.29) is 12.4 Å². The maximum atomic E-state index is 12.3. The molecule has 0 aliphatic heterocycles. The van der Waals surface area contributed by atoms with Crippen molar-refractivity contribution >= 4 is 5.96 Å². The molecule has 0 bridgehead atoms. The molecule has 0 amide bonds. The van der Waals surface area contributed by atoms with Gasteiger partial charge < -0.3 is 15.4 Å². The van der Waals surface area contributed by atoms with Gasteiger partial charge in [-0.3, -0.25) is 4.99 Å². The Morgan fingerprint density at radius 1 is 1.33 bits per heavy atom. The number of hydrogen-bond acceptors (Lipinski definition) is 3. The average Bonchev–Trinajstić information content (AvgIpc) is 2.57. The summed E-state index contributed by atoms with van der Waals surface area (Å²) in [4.78, 5) is 8.04. The zero-order chi connectivity index (χ0) is 17.4. The molecule has 0 saturated heterocycles. The van der Waals surface area contributed by atoms with E-state index >= 15 is 0 Å². The molecule has 1 saturated carbocycles. The van der Waals surface area contributed by atoms with Gasteiger partial charge in [0.25, 0.3) is 0 Å². The number of ether oxygens (including phenoxy) is 1. The van der Waals surface area contributed by atoms with E-state index in [1.54, 1.807) is 19.2 Å². The molecular weight excluding hydrogens is 321 g/mol. The number of rotatable bonds is 5. The predicted octanol–water partition coefficient (Wildman–Crippen LogP) is 3.02. The van der Waals surface area contributed by atoms with Gasteiger partial charge in [0.1, 0.15) is 0 Å². The van der Waals surface area contributed by atoms with Crippen LogP contribution < -0.4 is 15.4 Å². The molecule has 0 unspecified atom stereocenters. The molecule has 1 aromatic heterocycles. The van der Waals surface area contributed by atoms with Gasteiger partial charge in [-0.15, -0.1) is 0 Å². The third kappa shape index (κ3) is 6.25. The van der Waals surface area contributed by atoms with Gasteiger partial charge in [0.05, 0.1) is 0 Å². The highest BCUT2D eigenvalue weighted by Crippen LogP contribution is 2.20. The lowest BCUT2D eigenvalue weighted by Crippen LogP contribution is -2.43. The van der Waals surface area contributed by atoms with Crippen LogP contribution in [0.3, 0.4) is 0 Å². The lowest BCUT2D eigenvalue weighted by molar-refractivity contribution is -0.154. The number of alkyl halides is 3. The summed E-state index contributed by atoms with van der Waals surface area (Å²) in [7, 11) is 1.67. The fourth-order valence-electron chi connectivity index (χ4n) is 2.65. The van der Waals surface area contributed by atoms with Crippen LogP contribution >= 0.6 is 0 Å². The van der Waals surface area contributed by atoms with Crippen molar-refractivity contribution in [3.8, 4) is 5.88 Å². The Morgan fingerprint density at radius 3 is 2.75 bits per heavy atom. The molecule has 2 rings (SSSR count). The molecule has 2 N–H and O–H groups in total. The summed E-state index contributed by atoms with van der Waals surface area (Å²) in [5, 5.41) is 6.46. The minimum Gasteiger partial charge on any atom is -0.468 e. The van der Waals surface area contributed by atoms with E-state index in [9.17, 15) is 13.2 Å². The maximum Gasteiger partial charge on any atom is 0.422 e. The normalized spacial score (nSPS) is 16.8. The topological polar surface area (TPSA) is 58.5 Å². The first-order valence-electron chi connectivity index (χ1n) is 8.08. The second kappa shape index (κ2) is 8.75. The van der Waals surface area contributed by atoms with Crippen LogP contribution in [0.1, 0.15) is 37.7 Å². The highest BCUT2D eigenvalue weighted by molar-refractivity contribution is 5.80. The molecule has 1 fully saturated rings. The predicted molar refractivity (Wildman–Crippen MR) is 86.0 cm³/mol. The van der Waals surface area contributed by atoms with Gasteiger partial charge in [-0.05, 0) is 18.9 Å². The van der Waals surface area contributed by atoms with Gasteiger partial charge in [0.15, 0.2) is 12.6 Å². The number of nitrogens with one attached hydrogen (secondary N) is 2. The van der Waals surface area contributed by atoms with Crippen LogP contribution in [0.5, 0.6) is 5.88 Å². The number of nitrogens with zero attached hydrogens (tertiary/aromatic N) is 2. The van der Waals surface area contributed by atoms with E-state index < -0.39 is 12.8 Å². The molecule has 1 heterocycles. The maximum absolute atomic E-state index is 12.3. The third-order valence-electron chi connectivity index (χ3n) is 3.84. The summed E-state index contributed by atoms with van der Waals surface area (Å²) < 4.78 is 41.7. The molecule has 0 aromatic carbocycles. The van der Waals surface area contributed by atoms with E-state index in [1.165, 1.54) is 25.5 Å². The van der Waals surface area contributed by atoms with Crippen molar-refractivity contribution in [3.63, 3.8) is 0 Å². The van der Waals surface area contributed by atoms with Gasteiger partial charge in [-0.2, -0.15) is 13.2 Å². The van der Waals surface area contributed by atoms with Crippen molar-refractivity contribution in [2.45, 2.75) is 50.9 Å². The molecule has 1 aliphatic rings. The Bertz CT molecular complexity index is 542. The molecular formula is C16H23F3N4O. The van der Waals surface area contributed by atoms with Crippen LogP contribution in [0.2, 0.25) is 0 Å². The van der Waals surface area contributed by atoms with Crippen LogP contribution in [0, 0.1) is 0 Å². The SMILES string of the molecule is CN=C(NCc1cccnc1OCC(F)(F)F)NC1CCCCC1. The Morgan fingerprint density at radius 2 is 2.08 bits per heavy atom. The molecule has 1 aliphatic carbocycles. The van der Waals surface area contributed by atoms with E-state index in [0.29, 0.717) is 17.6 Å². The molecule has 0 radical (unpaired) electrons. The molecule has 0 atom stereocenters. The highest BCUT2D eigenvalue weighted by Gasteiger charge is 2.29. The Labute approximate surface area is 139 Å². The molecule has 134 valence electrons. The smallest absolute Gasteiger partial charge is 0.422 e. The van der Waals surface area contributed by atoms with Crippen LogP contribution in [-0.4, -0.2) is 36.8 Å². The summed E-state index contributed by atoms with van der Waals surface area (Å²) in [6, 6.07) is 3.73. The van der Waals surface area contributed by atoms with Crippen LogP contribution in [0.15, 0.2) is 23.3 Å². The minimum absolute atomic E-state index is 0.0181. The number of halogens is 3. The van der Waals surface area contributed by atoms with Gasteiger partial charge in [-0.1, -0.05) is 25.3 Å². The first-order valence-corrected chi connectivity index (χ1v) is 8.08. The quantitative estimate of drug-likeness (QED) is 0.637. The Balaban J connectivity index is 1.90. The van der Waals surface area contributed by atoms with Crippen LogP contribution in [0.25, 0.3) is 0 Å². The van der Waals surface area contributed by atoms with Crippen molar-refractivity contribution in [1.82, 2.24) is 15.6 Å². The Hall–Kier alpha value is -1.99. The number of hydrogen-bond donors (Lipinski definition) is 2. The zero-order valence-corrected chi connectivity index (χ0v) is 13.7. The third-order valence-corrected chi connectivity index (χ3v) is 3.84. The molecule has 24 heavy (non-hydrogen) atoms. The van der Waals surface area contributed by atoms with Crippen molar-refractivity contribution in [2.75, 3.05) is 13.7 Å². The second-order valence-electron chi connectivity index (χ2n) is 5.78. The second-order valence-corrected chi connectivity index (χ2v) is 5.78. The van der Waals surface area contributed by atoms with Crippen LogP contribution in [0.4, 0.5) is 13.2 Å².